The van der Waals surface area contributed by atoms with Crippen molar-refractivity contribution in [1.82, 2.24) is 38.9 Å². The van der Waals surface area contributed by atoms with Crippen LogP contribution in [0, 0.1) is 26.6 Å². The van der Waals surface area contributed by atoms with Crippen LogP contribution in [-0.4, -0.2) is 49.6 Å². The van der Waals surface area contributed by atoms with E-state index in [0.29, 0.717) is 17.3 Å². The van der Waals surface area contributed by atoms with Crippen molar-refractivity contribution in [2.75, 3.05) is 0 Å². The highest BCUT2D eigenvalue weighted by molar-refractivity contribution is 5.71. The molecule has 0 aliphatic carbocycles. The first-order valence-electron chi connectivity index (χ1n) is 13.0. The molecule has 6 rings (SSSR count). The van der Waals surface area contributed by atoms with Gasteiger partial charge in [0.15, 0.2) is 5.65 Å². The molecule has 40 heavy (non-hydrogen) atoms. The van der Waals surface area contributed by atoms with E-state index < -0.39 is 11.6 Å². The SMILES string of the molecule is Cc1c(-c2cncc(-c3cnn(C(c4ccc(F)cc4)C(C)(C)O)c3)n2)ccn2nc(-n3c(C)ccc3C)nc12. The van der Waals surface area contributed by atoms with Crippen molar-refractivity contribution >= 4 is 5.65 Å². The Kier molecular flexibility index (Phi) is 6.07. The van der Waals surface area contributed by atoms with Gasteiger partial charge in [0.2, 0.25) is 0 Å². The van der Waals surface area contributed by atoms with Gasteiger partial charge < -0.3 is 5.11 Å². The first-order chi connectivity index (χ1) is 19.1. The molecule has 0 aliphatic heterocycles. The third-order valence-corrected chi connectivity index (χ3v) is 7.14. The molecule has 0 aliphatic rings. The maximum absolute atomic E-state index is 13.6. The Morgan fingerprint density at radius 3 is 2.27 bits per heavy atom. The van der Waals surface area contributed by atoms with Crippen LogP contribution in [-0.2, 0) is 0 Å². The third kappa shape index (κ3) is 4.46. The molecule has 0 bridgehead atoms. The lowest BCUT2D eigenvalue weighted by molar-refractivity contribution is 0.0345. The van der Waals surface area contributed by atoms with Crippen molar-refractivity contribution in [3.05, 3.63) is 102 Å². The Morgan fingerprint density at radius 1 is 0.875 bits per heavy atom. The standard InChI is InChI=1S/C30H29FN8O/c1-18-6-7-19(2)39(18)29-35-28-20(3)24(12-13-37(28)36-29)26-16-32-15-25(34-26)22-14-33-38(17-22)27(30(4,5)40)21-8-10-23(31)11-9-21/h6-17,27,40H,1-5H3. The minimum atomic E-state index is -1.16. The fourth-order valence-electron chi connectivity index (χ4n) is 5.19. The molecule has 5 aromatic heterocycles. The van der Waals surface area contributed by atoms with Crippen molar-refractivity contribution in [1.29, 1.82) is 0 Å². The smallest absolute Gasteiger partial charge is 0.254 e. The van der Waals surface area contributed by atoms with Gasteiger partial charge in [-0.05, 0) is 70.5 Å². The van der Waals surface area contributed by atoms with Gasteiger partial charge in [-0.25, -0.2) is 13.9 Å². The fourth-order valence-corrected chi connectivity index (χ4v) is 5.19. The largest absolute Gasteiger partial charge is 0.388 e. The van der Waals surface area contributed by atoms with Crippen LogP contribution in [0.25, 0.3) is 34.1 Å². The fraction of sp³-hybridized carbons (Fsp3) is 0.233. The van der Waals surface area contributed by atoms with Crippen molar-refractivity contribution in [3.63, 3.8) is 0 Å². The predicted molar refractivity (Wildman–Crippen MR) is 150 cm³/mol. The lowest BCUT2D eigenvalue weighted by Crippen LogP contribution is -2.34. The molecule has 0 saturated heterocycles. The van der Waals surface area contributed by atoms with Crippen LogP contribution >= 0.6 is 0 Å². The van der Waals surface area contributed by atoms with Crippen molar-refractivity contribution < 1.29 is 9.50 Å². The quantitative estimate of drug-likeness (QED) is 0.312. The molecule has 202 valence electrons. The molecule has 0 spiro atoms. The second kappa shape index (κ2) is 9.49. The Morgan fingerprint density at radius 2 is 1.57 bits per heavy atom. The Hall–Kier alpha value is -4.70. The molecule has 0 amide bonds. The zero-order valence-electron chi connectivity index (χ0n) is 22.9. The molecule has 1 atom stereocenters. The monoisotopic (exact) mass is 536 g/mol. The molecule has 1 N–H and O–H groups in total. The van der Waals surface area contributed by atoms with E-state index in [2.05, 4.69) is 15.2 Å². The van der Waals surface area contributed by atoms with Crippen LogP contribution in [0.4, 0.5) is 4.39 Å². The molecule has 0 saturated carbocycles. The van der Waals surface area contributed by atoms with Gasteiger partial charge >= 0.3 is 0 Å². The van der Waals surface area contributed by atoms with Crippen LogP contribution in [0.1, 0.15) is 42.4 Å². The number of benzene rings is 1. The van der Waals surface area contributed by atoms with E-state index in [4.69, 9.17) is 9.97 Å². The summed E-state index contributed by atoms with van der Waals surface area (Å²) in [6.07, 6.45) is 8.80. The lowest BCUT2D eigenvalue weighted by atomic mass is 9.92. The van der Waals surface area contributed by atoms with Gasteiger partial charge in [-0.1, -0.05) is 12.1 Å². The highest BCUT2D eigenvalue weighted by Crippen LogP contribution is 2.32. The minimum Gasteiger partial charge on any atom is -0.388 e. The predicted octanol–water partition coefficient (Wildman–Crippen LogP) is 5.27. The van der Waals surface area contributed by atoms with Crippen LogP contribution in [0.2, 0.25) is 0 Å². The Labute approximate surface area is 230 Å². The summed E-state index contributed by atoms with van der Waals surface area (Å²) in [4.78, 5) is 14.2. The number of aromatic nitrogens is 8. The van der Waals surface area contributed by atoms with E-state index in [-0.39, 0.29) is 5.82 Å². The maximum atomic E-state index is 13.6. The summed E-state index contributed by atoms with van der Waals surface area (Å²) in [5, 5.41) is 20.2. The van der Waals surface area contributed by atoms with Gasteiger partial charge in [-0.15, -0.1) is 5.10 Å². The molecule has 10 heteroatoms. The molecule has 1 aromatic carbocycles. The van der Waals surface area contributed by atoms with E-state index in [1.54, 1.807) is 53.8 Å². The van der Waals surface area contributed by atoms with Crippen molar-refractivity contribution in [3.8, 4) is 28.5 Å². The van der Waals surface area contributed by atoms with Gasteiger partial charge in [0, 0.05) is 40.5 Å². The summed E-state index contributed by atoms with van der Waals surface area (Å²) in [7, 11) is 0. The maximum Gasteiger partial charge on any atom is 0.254 e. The van der Waals surface area contributed by atoms with E-state index in [0.717, 1.165) is 39.3 Å². The number of hydrogen-bond acceptors (Lipinski definition) is 6. The average Bonchev–Trinajstić information content (AvgIpc) is 3.64. The molecule has 0 radical (unpaired) electrons. The number of nitrogens with zero attached hydrogens (tertiary/aromatic N) is 8. The summed E-state index contributed by atoms with van der Waals surface area (Å²) < 4.78 is 19.0. The molecular formula is C30H29FN8O. The Bertz CT molecular complexity index is 1820. The van der Waals surface area contributed by atoms with Crippen molar-refractivity contribution in [2.24, 2.45) is 0 Å². The molecular weight excluding hydrogens is 507 g/mol. The highest BCUT2D eigenvalue weighted by atomic mass is 19.1. The zero-order valence-corrected chi connectivity index (χ0v) is 22.9. The highest BCUT2D eigenvalue weighted by Gasteiger charge is 2.31. The first-order valence-corrected chi connectivity index (χ1v) is 13.0. The number of aryl methyl sites for hydroxylation is 3. The third-order valence-electron chi connectivity index (χ3n) is 7.14. The normalized spacial score (nSPS) is 12.8. The summed E-state index contributed by atoms with van der Waals surface area (Å²) in [5.41, 5.74) is 6.37. The summed E-state index contributed by atoms with van der Waals surface area (Å²) in [5.74, 6) is 0.285. The molecule has 9 nitrogen and oxygen atoms in total. The average molecular weight is 537 g/mol. The van der Waals surface area contributed by atoms with Crippen LogP contribution < -0.4 is 0 Å². The Balaban J connectivity index is 1.36. The van der Waals surface area contributed by atoms with Crippen LogP contribution in [0.5, 0.6) is 0 Å². The number of pyridine rings is 1. The van der Waals surface area contributed by atoms with Gasteiger partial charge in [-0.2, -0.15) is 10.1 Å². The van der Waals surface area contributed by atoms with Gasteiger partial charge in [0.05, 0.1) is 35.6 Å². The van der Waals surface area contributed by atoms with E-state index in [9.17, 15) is 9.50 Å². The van der Waals surface area contributed by atoms with Crippen LogP contribution in [0.3, 0.4) is 0 Å². The topological polar surface area (TPSA) is 99.0 Å². The van der Waals surface area contributed by atoms with Crippen molar-refractivity contribution in [2.45, 2.75) is 46.3 Å². The second-order valence-corrected chi connectivity index (χ2v) is 10.6. The van der Waals surface area contributed by atoms with E-state index in [1.165, 1.54) is 12.1 Å². The summed E-state index contributed by atoms with van der Waals surface area (Å²) in [6.45, 7) is 9.47. The lowest BCUT2D eigenvalue weighted by Gasteiger charge is -2.30. The van der Waals surface area contributed by atoms with E-state index >= 15 is 0 Å². The number of rotatable bonds is 6. The molecule has 5 heterocycles. The van der Waals surface area contributed by atoms with E-state index in [1.807, 2.05) is 55.9 Å². The number of hydrogen-bond donors (Lipinski definition) is 1. The molecule has 0 fully saturated rings. The molecule has 6 aromatic rings. The minimum absolute atomic E-state index is 0.336. The summed E-state index contributed by atoms with van der Waals surface area (Å²) in [6, 6.07) is 11.6. The first kappa shape index (κ1) is 25.6. The van der Waals surface area contributed by atoms with Gasteiger partial charge in [0.25, 0.3) is 5.95 Å². The molecule has 1 unspecified atom stereocenters. The number of fused-ring (bicyclic) bond motifs is 1. The van der Waals surface area contributed by atoms with Gasteiger partial charge in [-0.3, -0.25) is 14.2 Å². The van der Waals surface area contributed by atoms with Gasteiger partial charge in [0.1, 0.15) is 11.9 Å². The number of aliphatic hydroxyl groups is 1. The second-order valence-electron chi connectivity index (χ2n) is 10.6. The van der Waals surface area contributed by atoms with Crippen LogP contribution in [0.15, 0.2) is 73.4 Å². The summed E-state index contributed by atoms with van der Waals surface area (Å²) >= 11 is 0. The number of halogens is 1. The zero-order chi connectivity index (χ0) is 28.2.